The molecule has 1 aromatic carbocycles. The average molecular weight is 376 g/mol. The van der Waals surface area contributed by atoms with Gasteiger partial charge in [-0.1, -0.05) is 12.8 Å². The molecule has 0 radical (unpaired) electrons. The van der Waals surface area contributed by atoms with E-state index in [9.17, 15) is 10.1 Å². The maximum atomic E-state index is 10.8. The SMILES string of the molecule is O=[N+]([O-])c1ccc(Nc2cc(-c3cccnc3)nc(NC3CCCC3)n2)cc1. The van der Waals surface area contributed by atoms with Crippen molar-refractivity contribution >= 4 is 23.1 Å². The number of nitrogens with one attached hydrogen (secondary N) is 2. The summed E-state index contributed by atoms with van der Waals surface area (Å²) in [5, 5.41) is 17.5. The van der Waals surface area contributed by atoms with Crippen LogP contribution < -0.4 is 10.6 Å². The highest BCUT2D eigenvalue weighted by Gasteiger charge is 2.17. The van der Waals surface area contributed by atoms with Crippen LogP contribution >= 0.6 is 0 Å². The number of anilines is 3. The number of nitro groups is 1. The second-order valence-electron chi connectivity index (χ2n) is 6.76. The van der Waals surface area contributed by atoms with E-state index >= 15 is 0 Å². The van der Waals surface area contributed by atoms with Crippen LogP contribution in [0.15, 0.2) is 54.9 Å². The predicted octanol–water partition coefficient (Wildman–Crippen LogP) is 4.54. The van der Waals surface area contributed by atoms with Crippen molar-refractivity contribution in [1.82, 2.24) is 15.0 Å². The molecule has 0 spiro atoms. The molecule has 8 heteroatoms. The molecule has 4 rings (SSSR count). The van der Waals surface area contributed by atoms with Gasteiger partial charge in [0.1, 0.15) is 5.82 Å². The molecule has 1 aliphatic rings. The highest BCUT2D eigenvalue weighted by molar-refractivity contribution is 5.67. The first-order chi connectivity index (χ1) is 13.7. The van der Waals surface area contributed by atoms with Crippen LogP contribution in [0.5, 0.6) is 0 Å². The Morgan fingerprint density at radius 3 is 2.54 bits per heavy atom. The van der Waals surface area contributed by atoms with E-state index in [-0.39, 0.29) is 5.69 Å². The molecule has 0 amide bonds. The summed E-state index contributed by atoms with van der Waals surface area (Å²) >= 11 is 0. The average Bonchev–Trinajstić information content (AvgIpc) is 3.22. The summed E-state index contributed by atoms with van der Waals surface area (Å²) in [4.78, 5) is 23.8. The van der Waals surface area contributed by atoms with Crippen molar-refractivity contribution in [2.75, 3.05) is 10.6 Å². The molecule has 0 unspecified atom stereocenters. The van der Waals surface area contributed by atoms with Gasteiger partial charge in [0.25, 0.3) is 5.69 Å². The Morgan fingerprint density at radius 2 is 1.86 bits per heavy atom. The van der Waals surface area contributed by atoms with Crippen LogP contribution in [0, 0.1) is 10.1 Å². The first kappa shape index (κ1) is 17.8. The molecule has 1 aliphatic carbocycles. The van der Waals surface area contributed by atoms with Crippen molar-refractivity contribution in [3.05, 3.63) is 65.0 Å². The van der Waals surface area contributed by atoms with E-state index in [0.29, 0.717) is 23.5 Å². The number of non-ortho nitro benzene ring substituents is 1. The van der Waals surface area contributed by atoms with Gasteiger partial charge in [0.2, 0.25) is 5.95 Å². The molecule has 142 valence electrons. The normalized spacial score (nSPS) is 14.0. The molecule has 1 fully saturated rings. The lowest BCUT2D eigenvalue weighted by Gasteiger charge is -2.15. The lowest BCUT2D eigenvalue weighted by atomic mass is 10.2. The second kappa shape index (κ2) is 7.99. The van der Waals surface area contributed by atoms with Crippen molar-refractivity contribution in [2.45, 2.75) is 31.7 Å². The lowest BCUT2D eigenvalue weighted by Crippen LogP contribution is -2.17. The topological polar surface area (TPSA) is 106 Å². The van der Waals surface area contributed by atoms with Gasteiger partial charge in [-0.3, -0.25) is 15.1 Å². The van der Waals surface area contributed by atoms with Gasteiger partial charge in [0, 0.05) is 47.9 Å². The number of hydrogen-bond acceptors (Lipinski definition) is 7. The second-order valence-corrected chi connectivity index (χ2v) is 6.76. The zero-order valence-corrected chi connectivity index (χ0v) is 15.2. The minimum atomic E-state index is -0.418. The van der Waals surface area contributed by atoms with Crippen LogP contribution in [0.25, 0.3) is 11.3 Å². The van der Waals surface area contributed by atoms with E-state index in [1.807, 2.05) is 18.2 Å². The molecule has 1 saturated carbocycles. The van der Waals surface area contributed by atoms with Gasteiger partial charge in [-0.15, -0.1) is 0 Å². The molecule has 0 saturated heterocycles. The molecule has 3 aromatic rings. The van der Waals surface area contributed by atoms with E-state index in [2.05, 4.69) is 25.6 Å². The summed E-state index contributed by atoms with van der Waals surface area (Å²) in [6.45, 7) is 0. The maximum absolute atomic E-state index is 10.8. The Labute approximate surface area is 162 Å². The number of nitro benzene ring substituents is 1. The summed E-state index contributed by atoms with van der Waals surface area (Å²) in [6, 6.07) is 12.3. The molecular weight excluding hydrogens is 356 g/mol. The largest absolute Gasteiger partial charge is 0.351 e. The summed E-state index contributed by atoms with van der Waals surface area (Å²) < 4.78 is 0. The van der Waals surface area contributed by atoms with Crippen LogP contribution in [0.2, 0.25) is 0 Å². The Hall–Kier alpha value is -3.55. The van der Waals surface area contributed by atoms with Crippen molar-refractivity contribution in [3.8, 4) is 11.3 Å². The van der Waals surface area contributed by atoms with Crippen LogP contribution in [0.1, 0.15) is 25.7 Å². The summed E-state index contributed by atoms with van der Waals surface area (Å²) in [7, 11) is 0. The molecule has 0 aliphatic heterocycles. The number of hydrogen-bond donors (Lipinski definition) is 2. The first-order valence-corrected chi connectivity index (χ1v) is 9.25. The zero-order chi connectivity index (χ0) is 19.3. The molecule has 0 bridgehead atoms. The number of nitrogens with zero attached hydrogens (tertiary/aromatic N) is 4. The van der Waals surface area contributed by atoms with E-state index < -0.39 is 4.92 Å². The third-order valence-electron chi connectivity index (χ3n) is 4.72. The van der Waals surface area contributed by atoms with Gasteiger partial charge in [0.05, 0.1) is 10.6 Å². The van der Waals surface area contributed by atoms with Crippen LogP contribution in [0.3, 0.4) is 0 Å². The fourth-order valence-corrected chi connectivity index (χ4v) is 3.31. The van der Waals surface area contributed by atoms with E-state index in [1.165, 1.54) is 25.0 Å². The van der Waals surface area contributed by atoms with E-state index in [4.69, 9.17) is 0 Å². The zero-order valence-electron chi connectivity index (χ0n) is 15.2. The van der Waals surface area contributed by atoms with Gasteiger partial charge in [0.15, 0.2) is 0 Å². The first-order valence-electron chi connectivity index (χ1n) is 9.25. The quantitative estimate of drug-likeness (QED) is 0.480. The Bertz CT molecular complexity index is 956. The molecule has 2 aromatic heterocycles. The van der Waals surface area contributed by atoms with Crippen LogP contribution in [-0.4, -0.2) is 25.9 Å². The third kappa shape index (κ3) is 4.22. The van der Waals surface area contributed by atoms with Gasteiger partial charge in [-0.25, -0.2) is 4.98 Å². The molecule has 2 heterocycles. The Morgan fingerprint density at radius 1 is 1.07 bits per heavy atom. The lowest BCUT2D eigenvalue weighted by molar-refractivity contribution is -0.384. The van der Waals surface area contributed by atoms with Crippen molar-refractivity contribution < 1.29 is 4.92 Å². The summed E-state index contributed by atoms with van der Waals surface area (Å²) in [5.41, 5.74) is 2.42. The minimum Gasteiger partial charge on any atom is -0.351 e. The number of rotatable bonds is 6. The highest BCUT2D eigenvalue weighted by Crippen LogP contribution is 2.26. The standard InChI is InChI=1S/C20H20N6O2/c27-26(28)17-9-7-16(8-10-17)22-19-12-18(14-4-3-11-21-13-14)24-20(25-19)23-15-5-1-2-6-15/h3-4,7-13,15H,1-2,5-6H2,(H2,22,23,24,25). The van der Waals surface area contributed by atoms with Crippen LogP contribution in [0.4, 0.5) is 23.1 Å². The Kier molecular flexibility index (Phi) is 5.09. The number of benzene rings is 1. The number of pyridine rings is 1. The fraction of sp³-hybridized carbons (Fsp3) is 0.250. The summed E-state index contributed by atoms with van der Waals surface area (Å²) in [6.07, 6.45) is 8.15. The smallest absolute Gasteiger partial charge is 0.269 e. The summed E-state index contributed by atoms with van der Waals surface area (Å²) in [5.74, 6) is 1.18. The molecule has 8 nitrogen and oxygen atoms in total. The van der Waals surface area contributed by atoms with Gasteiger partial charge in [-0.05, 0) is 37.1 Å². The number of aromatic nitrogens is 3. The molecule has 2 N–H and O–H groups in total. The highest BCUT2D eigenvalue weighted by atomic mass is 16.6. The monoisotopic (exact) mass is 376 g/mol. The minimum absolute atomic E-state index is 0.0490. The molecule has 28 heavy (non-hydrogen) atoms. The predicted molar refractivity (Wildman–Crippen MR) is 108 cm³/mol. The van der Waals surface area contributed by atoms with Crippen molar-refractivity contribution in [2.24, 2.45) is 0 Å². The van der Waals surface area contributed by atoms with E-state index in [0.717, 1.165) is 24.1 Å². The van der Waals surface area contributed by atoms with E-state index in [1.54, 1.807) is 24.5 Å². The van der Waals surface area contributed by atoms with Gasteiger partial charge < -0.3 is 10.6 Å². The van der Waals surface area contributed by atoms with Crippen molar-refractivity contribution in [3.63, 3.8) is 0 Å². The third-order valence-corrected chi connectivity index (χ3v) is 4.72. The van der Waals surface area contributed by atoms with Gasteiger partial charge in [-0.2, -0.15) is 4.98 Å². The molecule has 0 atom stereocenters. The molecular formula is C20H20N6O2. The Balaban J connectivity index is 1.63. The van der Waals surface area contributed by atoms with Crippen LogP contribution in [-0.2, 0) is 0 Å². The maximum Gasteiger partial charge on any atom is 0.269 e. The fourth-order valence-electron chi connectivity index (χ4n) is 3.31. The van der Waals surface area contributed by atoms with Gasteiger partial charge >= 0.3 is 0 Å². The van der Waals surface area contributed by atoms with Crippen molar-refractivity contribution in [1.29, 1.82) is 0 Å².